The monoisotopic (exact) mass is 450 g/mol. The van der Waals surface area contributed by atoms with Crippen LogP contribution in [-0.4, -0.2) is 55.7 Å². The van der Waals surface area contributed by atoms with Crippen molar-refractivity contribution >= 4 is 11.3 Å². The predicted molar refractivity (Wildman–Crippen MR) is 130 cm³/mol. The van der Waals surface area contributed by atoms with E-state index in [9.17, 15) is 10.5 Å². The van der Waals surface area contributed by atoms with Gasteiger partial charge in [-0.1, -0.05) is 26.0 Å². The molecule has 1 atom stereocenters. The number of thiophene rings is 1. The summed E-state index contributed by atoms with van der Waals surface area (Å²) >= 11 is 1.47. The average Bonchev–Trinajstić information content (AvgIpc) is 3.27. The molecular formula is C26H34N4OS. The summed E-state index contributed by atoms with van der Waals surface area (Å²) in [4.78, 5) is 6.69. The van der Waals surface area contributed by atoms with Gasteiger partial charge in [-0.05, 0) is 62.1 Å². The van der Waals surface area contributed by atoms with Gasteiger partial charge in [0.15, 0.2) is 0 Å². The maximum absolute atomic E-state index is 10.1. The molecule has 0 saturated carbocycles. The Bertz CT molecular complexity index is 949. The molecule has 0 aliphatic carbocycles. The first kappa shape index (κ1) is 24.3. The second-order valence-electron chi connectivity index (χ2n) is 8.97. The Labute approximate surface area is 196 Å². The molecule has 3 rings (SSSR count). The summed E-state index contributed by atoms with van der Waals surface area (Å²) in [6, 6.07) is 16.8. The maximum Gasteiger partial charge on any atom is 0.119 e. The van der Waals surface area contributed by atoms with Crippen molar-refractivity contribution in [3.63, 3.8) is 0 Å². The smallest absolute Gasteiger partial charge is 0.119 e. The molecule has 1 aromatic heterocycles. The third-order valence-corrected chi connectivity index (χ3v) is 7.68. The molecule has 5 nitrogen and oxygen atoms in total. The molecule has 0 N–H and O–H groups in total. The van der Waals surface area contributed by atoms with Gasteiger partial charge in [-0.2, -0.15) is 10.5 Å². The quantitative estimate of drug-likeness (QED) is 0.519. The molecule has 1 aliphatic rings. The van der Waals surface area contributed by atoms with Crippen molar-refractivity contribution in [2.45, 2.75) is 39.0 Å². The van der Waals surface area contributed by atoms with E-state index in [1.807, 2.05) is 24.3 Å². The molecule has 1 aliphatic heterocycles. The summed E-state index contributed by atoms with van der Waals surface area (Å²) in [5.74, 6) is 1.16. The molecule has 32 heavy (non-hydrogen) atoms. The minimum Gasteiger partial charge on any atom is -0.492 e. The van der Waals surface area contributed by atoms with Gasteiger partial charge in [0.1, 0.15) is 23.3 Å². The Morgan fingerprint density at radius 1 is 1.06 bits per heavy atom. The van der Waals surface area contributed by atoms with E-state index in [1.165, 1.54) is 16.9 Å². The van der Waals surface area contributed by atoms with Crippen LogP contribution in [0.15, 0.2) is 36.4 Å². The van der Waals surface area contributed by atoms with Gasteiger partial charge >= 0.3 is 0 Å². The number of ether oxygens (including phenoxy) is 1. The lowest BCUT2D eigenvalue weighted by molar-refractivity contribution is 0.114. The van der Waals surface area contributed by atoms with Gasteiger partial charge in [-0.25, -0.2) is 0 Å². The molecule has 0 spiro atoms. The zero-order chi connectivity index (χ0) is 23.0. The Hall–Kier alpha value is -2.38. The number of hydrogen-bond donors (Lipinski definition) is 0. The zero-order valence-electron chi connectivity index (χ0n) is 19.5. The van der Waals surface area contributed by atoms with Crippen LogP contribution in [-0.2, 0) is 5.41 Å². The van der Waals surface area contributed by atoms with Gasteiger partial charge in [0.25, 0.3) is 0 Å². The lowest BCUT2D eigenvalue weighted by atomic mass is 9.73. The Morgan fingerprint density at radius 3 is 2.38 bits per heavy atom. The minimum absolute atomic E-state index is 0.211. The topological polar surface area (TPSA) is 63.3 Å². The number of piperazine rings is 1. The van der Waals surface area contributed by atoms with Crippen molar-refractivity contribution in [2.24, 2.45) is 5.92 Å². The summed E-state index contributed by atoms with van der Waals surface area (Å²) in [5, 5.41) is 19.3. The number of benzene rings is 1. The van der Waals surface area contributed by atoms with Crippen molar-refractivity contribution in [1.82, 2.24) is 9.80 Å². The molecular weight excluding hydrogens is 416 g/mol. The van der Waals surface area contributed by atoms with E-state index < -0.39 is 5.41 Å². The molecule has 170 valence electrons. The van der Waals surface area contributed by atoms with Crippen LogP contribution in [0.2, 0.25) is 0 Å². The van der Waals surface area contributed by atoms with Crippen LogP contribution < -0.4 is 4.74 Å². The molecule has 2 aromatic rings. The normalized spacial score (nSPS) is 16.9. The van der Waals surface area contributed by atoms with E-state index in [1.54, 1.807) is 0 Å². The van der Waals surface area contributed by atoms with E-state index in [0.29, 0.717) is 11.5 Å². The number of hydrogen-bond acceptors (Lipinski definition) is 6. The first-order chi connectivity index (χ1) is 15.5. The highest BCUT2D eigenvalue weighted by molar-refractivity contribution is 7.12. The average molecular weight is 451 g/mol. The summed E-state index contributed by atoms with van der Waals surface area (Å²) in [5.41, 5.74) is 0.716. The van der Waals surface area contributed by atoms with Gasteiger partial charge in [-0.3, -0.25) is 4.90 Å². The SMILES string of the molecule is Cc1cccc(OCCN2CCN(CCCC(C#N)(c3ccc(C#N)s3)C(C)C)CC2)c1. The van der Waals surface area contributed by atoms with E-state index in [0.717, 1.165) is 62.7 Å². The molecule has 1 saturated heterocycles. The highest BCUT2D eigenvalue weighted by Gasteiger charge is 2.37. The molecule has 0 amide bonds. The van der Waals surface area contributed by atoms with Crippen LogP contribution in [0.1, 0.15) is 42.0 Å². The first-order valence-corrected chi connectivity index (χ1v) is 12.3. The maximum atomic E-state index is 10.1. The van der Waals surface area contributed by atoms with Gasteiger partial charge < -0.3 is 9.64 Å². The van der Waals surface area contributed by atoms with Crippen LogP contribution in [0.4, 0.5) is 0 Å². The van der Waals surface area contributed by atoms with Crippen LogP contribution in [0.5, 0.6) is 5.75 Å². The van der Waals surface area contributed by atoms with Crippen molar-refractivity contribution in [3.05, 3.63) is 51.7 Å². The number of nitriles is 2. The van der Waals surface area contributed by atoms with Crippen LogP contribution in [0.25, 0.3) is 0 Å². The highest BCUT2D eigenvalue weighted by Crippen LogP contribution is 2.40. The van der Waals surface area contributed by atoms with E-state index in [2.05, 4.69) is 54.8 Å². The third-order valence-electron chi connectivity index (χ3n) is 6.52. The zero-order valence-corrected chi connectivity index (χ0v) is 20.3. The largest absolute Gasteiger partial charge is 0.492 e. The molecule has 0 bridgehead atoms. The van der Waals surface area contributed by atoms with Crippen molar-refractivity contribution in [1.29, 1.82) is 10.5 Å². The van der Waals surface area contributed by atoms with Crippen molar-refractivity contribution in [2.75, 3.05) is 45.9 Å². The number of rotatable bonds is 10. The first-order valence-electron chi connectivity index (χ1n) is 11.5. The Morgan fingerprint density at radius 2 is 1.78 bits per heavy atom. The molecule has 6 heteroatoms. The predicted octanol–water partition coefficient (Wildman–Crippen LogP) is 4.82. The fourth-order valence-corrected chi connectivity index (χ4v) is 5.51. The Kier molecular flexibility index (Phi) is 8.70. The van der Waals surface area contributed by atoms with E-state index >= 15 is 0 Å². The van der Waals surface area contributed by atoms with Crippen LogP contribution in [0, 0.1) is 35.5 Å². The summed E-state index contributed by atoms with van der Waals surface area (Å²) < 4.78 is 5.90. The standard InChI is InChI=1S/C26H34N4OS/c1-21(2)26(20-28,25-9-8-24(19-27)32-25)10-5-11-29-12-14-30(15-13-29)16-17-31-23-7-4-6-22(3)18-23/h4,6-9,18,21H,5,10-17H2,1-3H3. The number of nitrogens with zero attached hydrogens (tertiary/aromatic N) is 4. The molecule has 1 unspecified atom stereocenters. The second-order valence-corrected chi connectivity index (χ2v) is 10.0. The van der Waals surface area contributed by atoms with Crippen LogP contribution >= 0.6 is 11.3 Å². The summed E-state index contributed by atoms with van der Waals surface area (Å²) in [6.45, 7) is 13.2. The summed E-state index contributed by atoms with van der Waals surface area (Å²) in [7, 11) is 0. The van der Waals surface area contributed by atoms with E-state index in [-0.39, 0.29) is 5.92 Å². The fourth-order valence-electron chi connectivity index (χ4n) is 4.39. The van der Waals surface area contributed by atoms with Gasteiger partial charge in [0, 0.05) is 37.6 Å². The Balaban J connectivity index is 1.42. The third kappa shape index (κ3) is 6.11. The second kappa shape index (κ2) is 11.5. The van der Waals surface area contributed by atoms with Gasteiger partial charge in [0.2, 0.25) is 0 Å². The minimum atomic E-state index is -0.505. The van der Waals surface area contributed by atoms with Gasteiger partial charge in [-0.15, -0.1) is 11.3 Å². The lowest BCUT2D eigenvalue weighted by Crippen LogP contribution is -2.47. The van der Waals surface area contributed by atoms with Crippen molar-refractivity contribution in [3.8, 4) is 17.9 Å². The lowest BCUT2D eigenvalue weighted by Gasteiger charge is -2.35. The summed E-state index contributed by atoms with van der Waals surface area (Å²) in [6.07, 6.45) is 1.82. The molecule has 1 fully saturated rings. The van der Waals surface area contributed by atoms with E-state index in [4.69, 9.17) is 4.74 Å². The fraction of sp³-hybridized carbons (Fsp3) is 0.538. The molecule has 2 heterocycles. The molecule has 1 aromatic carbocycles. The van der Waals surface area contributed by atoms with Crippen molar-refractivity contribution < 1.29 is 4.74 Å². The number of aryl methyl sites for hydroxylation is 1. The van der Waals surface area contributed by atoms with Gasteiger partial charge in [0.05, 0.1) is 11.5 Å². The molecule has 0 radical (unpaired) electrons. The highest BCUT2D eigenvalue weighted by atomic mass is 32.1. The van der Waals surface area contributed by atoms with Crippen LogP contribution in [0.3, 0.4) is 0 Å².